The molecule has 0 aliphatic carbocycles. The number of ether oxygens (including phenoxy) is 2. The highest BCUT2D eigenvalue weighted by Gasteiger charge is 2.15. The van der Waals surface area contributed by atoms with E-state index in [-0.39, 0.29) is 28.7 Å². The maximum Gasteiger partial charge on any atom is 0.341 e. The van der Waals surface area contributed by atoms with Gasteiger partial charge in [0, 0.05) is 10.2 Å². The number of nitrogens with zero attached hydrogens (tertiary/aromatic N) is 1. The summed E-state index contributed by atoms with van der Waals surface area (Å²) in [5.74, 6) is -1.48. The predicted molar refractivity (Wildman–Crippen MR) is 112 cm³/mol. The van der Waals surface area contributed by atoms with E-state index in [0.717, 1.165) is 4.47 Å². The van der Waals surface area contributed by atoms with Crippen LogP contribution in [0.1, 0.15) is 12.5 Å². The number of anilines is 1. The molecular weight excluding hydrogens is 464 g/mol. The predicted octanol–water partition coefficient (Wildman–Crippen LogP) is 4.51. The summed E-state index contributed by atoms with van der Waals surface area (Å²) in [5, 5.41) is 20.9. The van der Waals surface area contributed by atoms with Crippen LogP contribution in [0.15, 0.2) is 46.4 Å². The molecule has 2 aromatic rings. The van der Waals surface area contributed by atoms with Crippen LogP contribution in [0.25, 0.3) is 6.08 Å². The van der Waals surface area contributed by atoms with Crippen molar-refractivity contribution in [2.45, 2.75) is 6.92 Å². The summed E-state index contributed by atoms with van der Waals surface area (Å²) in [6.45, 7) is 1.43. The molecule has 2 rings (SSSR count). The van der Waals surface area contributed by atoms with Crippen LogP contribution >= 0.6 is 27.5 Å². The molecule has 0 saturated carbocycles. The van der Waals surface area contributed by atoms with Crippen LogP contribution in [-0.4, -0.2) is 30.2 Å². The first-order valence-electron chi connectivity index (χ1n) is 8.33. The zero-order valence-corrected chi connectivity index (χ0v) is 17.6. The Hall–Kier alpha value is -3.02. The van der Waals surface area contributed by atoms with Gasteiger partial charge < -0.3 is 19.9 Å². The number of nitriles is 1. The molecule has 0 heterocycles. The Morgan fingerprint density at radius 3 is 2.69 bits per heavy atom. The first kappa shape index (κ1) is 22.3. The number of nitrogens with one attached hydrogen (secondary N) is 1. The van der Waals surface area contributed by atoms with Crippen LogP contribution in [0.4, 0.5) is 5.69 Å². The number of benzene rings is 2. The molecule has 0 aliphatic heterocycles. The second kappa shape index (κ2) is 10.5. The number of hydrogen-bond acceptors (Lipinski definition) is 5. The highest BCUT2D eigenvalue weighted by Crippen LogP contribution is 2.37. The van der Waals surface area contributed by atoms with E-state index < -0.39 is 18.5 Å². The van der Waals surface area contributed by atoms with E-state index in [0.29, 0.717) is 11.3 Å². The van der Waals surface area contributed by atoms with E-state index in [2.05, 4.69) is 21.2 Å². The molecule has 29 heavy (non-hydrogen) atoms. The van der Waals surface area contributed by atoms with Crippen molar-refractivity contribution in [3.8, 4) is 17.6 Å². The van der Waals surface area contributed by atoms with Crippen molar-refractivity contribution in [3.05, 3.63) is 57.0 Å². The lowest BCUT2D eigenvalue weighted by atomic mass is 10.1. The number of aliphatic carboxylic acids is 1. The molecule has 0 aliphatic rings. The third kappa shape index (κ3) is 6.52. The van der Waals surface area contributed by atoms with Crippen LogP contribution in [0.5, 0.6) is 11.5 Å². The standard InChI is InChI=1S/C20H16BrClN2O5/c1-2-28-17-8-12(7-16(22)19(17)29-11-18(25)26)6-13(10-23)20(27)24-15-5-3-4-14(21)9-15/h3-9H,2,11H2,1H3,(H,24,27)(H,25,26). The van der Waals surface area contributed by atoms with Crippen molar-refractivity contribution in [2.75, 3.05) is 18.5 Å². The van der Waals surface area contributed by atoms with Crippen LogP contribution in [-0.2, 0) is 9.59 Å². The minimum atomic E-state index is -1.16. The Morgan fingerprint density at radius 2 is 2.07 bits per heavy atom. The van der Waals surface area contributed by atoms with E-state index in [1.165, 1.54) is 18.2 Å². The Labute approximate surface area is 180 Å². The third-order valence-electron chi connectivity index (χ3n) is 3.43. The molecule has 0 bridgehead atoms. The molecule has 0 fully saturated rings. The molecule has 150 valence electrons. The van der Waals surface area contributed by atoms with Gasteiger partial charge in [-0.3, -0.25) is 4.79 Å². The van der Waals surface area contributed by atoms with Crippen LogP contribution in [0, 0.1) is 11.3 Å². The van der Waals surface area contributed by atoms with Crippen molar-refractivity contribution in [1.82, 2.24) is 0 Å². The van der Waals surface area contributed by atoms with E-state index in [9.17, 15) is 14.9 Å². The molecule has 0 radical (unpaired) electrons. The third-order valence-corrected chi connectivity index (χ3v) is 4.20. The summed E-state index contributed by atoms with van der Waals surface area (Å²) in [4.78, 5) is 23.2. The molecule has 2 N–H and O–H groups in total. The van der Waals surface area contributed by atoms with Gasteiger partial charge in [0.25, 0.3) is 5.91 Å². The number of carbonyl (C=O) groups is 2. The lowest BCUT2D eigenvalue weighted by Gasteiger charge is -2.13. The monoisotopic (exact) mass is 478 g/mol. The van der Waals surface area contributed by atoms with E-state index in [1.54, 1.807) is 25.1 Å². The molecule has 0 unspecified atom stereocenters. The van der Waals surface area contributed by atoms with E-state index in [4.69, 9.17) is 26.2 Å². The fourth-order valence-corrected chi connectivity index (χ4v) is 2.96. The highest BCUT2D eigenvalue weighted by atomic mass is 79.9. The number of carboxylic acid groups (broad SMARTS) is 1. The van der Waals surface area contributed by atoms with Crippen LogP contribution in [0.3, 0.4) is 0 Å². The fourth-order valence-electron chi connectivity index (χ4n) is 2.29. The first-order chi connectivity index (χ1) is 13.8. The van der Waals surface area contributed by atoms with Gasteiger partial charge >= 0.3 is 5.97 Å². The van der Waals surface area contributed by atoms with Gasteiger partial charge in [-0.15, -0.1) is 0 Å². The Bertz CT molecular complexity index is 1000. The summed E-state index contributed by atoms with van der Waals surface area (Å²) >= 11 is 9.50. The van der Waals surface area contributed by atoms with Crippen molar-refractivity contribution in [1.29, 1.82) is 5.26 Å². The molecule has 0 aromatic heterocycles. The van der Waals surface area contributed by atoms with Gasteiger partial charge in [0.1, 0.15) is 11.6 Å². The van der Waals surface area contributed by atoms with Gasteiger partial charge in [-0.05, 0) is 48.9 Å². The lowest BCUT2D eigenvalue weighted by molar-refractivity contribution is -0.139. The molecule has 9 heteroatoms. The maximum atomic E-state index is 12.4. The Morgan fingerprint density at radius 1 is 1.31 bits per heavy atom. The van der Waals surface area contributed by atoms with Gasteiger partial charge in [0.2, 0.25) is 0 Å². The lowest BCUT2D eigenvalue weighted by Crippen LogP contribution is -2.13. The smallest absolute Gasteiger partial charge is 0.341 e. The van der Waals surface area contributed by atoms with Crippen LogP contribution in [0.2, 0.25) is 5.02 Å². The Balaban J connectivity index is 2.33. The number of amides is 1. The van der Waals surface area contributed by atoms with Gasteiger partial charge in [-0.1, -0.05) is 33.6 Å². The maximum absolute atomic E-state index is 12.4. The van der Waals surface area contributed by atoms with Crippen molar-refractivity contribution in [3.63, 3.8) is 0 Å². The number of halogens is 2. The summed E-state index contributed by atoms with van der Waals surface area (Å²) in [7, 11) is 0. The highest BCUT2D eigenvalue weighted by molar-refractivity contribution is 9.10. The number of carboxylic acids is 1. The second-order valence-corrected chi connectivity index (χ2v) is 6.90. The summed E-state index contributed by atoms with van der Waals surface area (Å²) in [6.07, 6.45) is 1.35. The zero-order chi connectivity index (χ0) is 21.4. The quantitative estimate of drug-likeness (QED) is 0.426. The molecular formula is C20H16BrClN2O5. The van der Waals surface area contributed by atoms with Gasteiger partial charge in [-0.25, -0.2) is 4.79 Å². The van der Waals surface area contributed by atoms with E-state index in [1.807, 2.05) is 12.1 Å². The molecule has 0 saturated heterocycles. The number of rotatable bonds is 8. The van der Waals surface area contributed by atoms with E-state index >= 15 is 0 Å². The minimum Gasteiger partial charge on any atom is -0.490 e. The molecule has 2 aromatic carbocycles. The SMILES string of the molecule is CCOc1cc(C=C(C#N)C(=O)Nc2cccc(Br)c2)cc(Cl)c1OCC(=O)O. The largest absolute Gasteiger partial charge is 0.490 e. The fraction of sp³-hybridized carbons (Fsp3) is 0.150. The average molecular weight is 480 g/mol. The Kier molecular flexibility index (Phi) is 8.07. The minimum absolute atomic E-state index is 0.0742. The average Bonchev–Trinajstić information content (AvgIpc) is 2.65. The van der Waals surface area contributed by atoms with Crippen molar-refractivity contribution < 1.29 is 24.2 Å². The van der Waals surface area contributed by atoms with Gasteiger partial charge in [0.15, 0.2) is 18.1 Å². The normalized spacial score (nSPS) is 10.8. The molecule has 7 nitrogen and oxygen atoms in total. The summed E-state index contributed by atoms with van der Waals surface area (Å²) in [6, 6.07) is 11.8. The molecule has 1 amide bonds. The van der Waals surface area contributed by atoms with Crippen molar-refractivity contribution >= 4 is 51.2 Å². The zero-order valence-electron chi connectivity index (χ0n) is 15.2. The second-order valence-electron chi connectivity index (χ2n) is 5.58. The summed E-state index contributed by atoms with van der Waals surface area (Å²) < 4.78 is 11.4. The van der Waals surface area contributed by atoms with Crippen LogP contribution < -0.4 is 14.8 Å². The van der Waals surface area contributed by atoms with Gasteiger partial charge in [-0.2, -0.15) is 5.26 Å². The number of hydrogen-bond donors (Lipinski definition) is 2. The molecule has 0 atom stereocenters. The first-order valence-corrected chi connectivity index (χ1v) is 9.50. The topological polar surface area (TPSA) is 109 Å². The van der Waals surface area contributed by atoms with Gasteiger partial charge in [0.05, 0.1) is 11.6 Å². The number of carbonyl (C=O) groups excluding carboxylic acids is 1. The van der Waals surface area contributed by atoms with Crippen molar-refractivity contribution in [2.24, 2.45) is 0 Å². The summed E-state index contributed by atoms with van der Waals surface area (Å²) in [5.41, 5.74) is 0.792. The molecule has 0 spiro atoms.